The van der Waals surface area contributed by atoms with Crippen LogP contribution in [0.3, 0.4) is 0 Å². The average molecular weight is 353 g/mol. The summed E-state index contributed by atoms with van der Waals surface area (Å²) in [5.41, 5.74) is 6.96. The van der Waals surface area contributed by atoms with E-state index < -0.39 is 5.91 Å². The molecule has 2 aromatic carbocycles. The van der Waals surface area contributed by atoms with Crippen molar-refractivity contribution in [2.45, 2.75) is 25.4 Å². The molecule has 1 aliphatic rings. The standard InChI is InChI=1S/C20H23N3O3/c21-19(24)14-26-17-10-8-16(9-11-17)22-20(25)18-7-4-12-23(18)13-15-5-2-1-3-6-15/h1-3,5-6,8-11,18H,4,7,12-14H2,(H2,21,24)(H,22,25). The van der Waals surface area contributed by atoms with Crippen LogP contribution >= 0.6 is 0 Å². The first-order valence-corrected chi connectivity index (χ1v) is 8.72. The minimum Gasteiger partial charge on any atom is -0.484 e. The summed E-state index contributed by atoms with van der Waals surface area (Å²) in [6.45, 7) is 1.54. The molecule has 1 heterocycles. The molecule has 3 rings (SSSR count). The van der Waals surface area contributed by atoms with E-state index in [1.807, 2.05) is 18.2 Å². The number of ether oxygens (including phenoxy) is 1. The molecule has 1 fully saturated rings. The van der Waals surface area contributed by atoms with Gasteiger partial charge in [-0.2, -0.15) is 0 Å². The molecule has 1 aliphatic heterocycles. The minimum absolute atomic E-state index is 0.00392. The molecule has 0 aliphatic carbocycles. The van der Waals surface area contributed by atoms with Gasteiger partial charge in [-0.1, -0.05) is 30.3 Å². The lowest BCUT2D eigenvalue weighted by atomic mass is 10.1. The first-order chi connectivity index (χ1) is 12.6. The predicted molar refractivity (Wildman–Crippen MR) is 99.6 cm³/mol. The number of amides is 2. The zero-order valence-corrected chi connectivity index (χ0v) is 14.6. The highest BCUT2D eigenvalue weighted by Crippen LogP contribution is 2.22. The van der Waals surface area contributed by atoms with E-state index in [4.69, 9.17) is 10.5 Å². The third-order valence-electron chi connectivity index (χ3n) is 4.40. The number of nitrogens with zero attached hydrogens (tertiary/aromatic N) is 1. The molecule has 0 bridgehead atoms. The Morgan fingerprint density at radius 1 is 1.12 bits per heavy atom. The summed E-state index contributed by atoms with van der Waals surface area (Å²) in [5.74, 6) is 0.0136. The van der Waals surface area contributed by atoms with Crippen LogP contribution in [-0.2, 0) is 16.1 Å². The van der Waals surface area contributed by atoms with Crippen molar-refractivity contribution in [2.24, 2.45) is 5.73 Å². The first-order valence-electron chi connectivity index (χ1n) is 8.72. The number of benzene rings is 2. The van der Waals surface area contributed by atoms with Crippen LogP contribution in [0, 0.1) is 0 Å². The van der Waals surface area contributed by atoms with Gasteiger partial charge >= 0.3 is 0 Å². The van der Waals surface area contributed by atoms with E-state index in [1.165, 1.54) is 5.56 Å². The van der Waals surface area contributed by atoms with Crippen LogP contribution < -0.4 is 15.8 Å². The highest BCUT2D eigenvalue weighted by Gasteiger charge is 2.30. The number of hydrogen-bond acceptors (Lipinski definition) is 4. The van der Waals surface area contributed by atoms with Crippen molar-refractivity contribution in [1.29, 1.82) is 0 Å². The van der Waals surface area contributed by atoms with Crippen LogP contribution in [0.2, 0.25) is 0 Å². The number of primary amides is 1. The van der Waals surface area contributed by atoms with Gasteiger partial charge in [0.2, 0.25) is 5.91 Å². The van der Waals surface area contributed by atoms with E-state index in [0.717, 1.165) is 25.9 Å². The topological polar surface area (TPSA) is 84.7 Å². The zero-order valence-electron chi connectivity index (χ0n) is 14.6. The van der Waals surface area contributed by atoms with Gasteiger partial charge in [-0.15, -0.1) is 0 Å². The number of likely N-dealkylation sites (tertiary alicyclic amines) is 1. The average Bonchev–Trinajstić information content (AvgIpc) is 3.10. The summed E-state index contributed by atoms with van der Waals surface area (Å²) in [4.78, 5) is 25.6. The minimum atomic E-state index is -0.526. The van der Waals surface area contributed by atoms with Crippen molar-refractivity contribution in [1.82, 2.24) is 4.90 Å². The van der Waals surface area contributed by atoms with Crippen molar-refractivity contribution in [3.05, 3.63) is 60.2 Å². The van der Waals surface area contributed by atoms with Crippen LogP contribution in [0.1, 0.15) is 18.4 Å². The molecule has 136 valence electrons. The number of nitrogens with one attached hydrogen (secondary N) is 1. The molecule has 1 saturated heterocycles. The molecular weight excluding hydrogens is 330 g/mol. The van der Waals surface area contributed by atoms with Crippen molar-refractivity contribution in [3.8, 4) is 5.75 Å². The molecule has 0 spiro atoms. The summed E-state index contributed by atoms with van der Waals surface area (Å²) in [6, 6.07) is 17.0. The summed E-state index contributed by atoms with van der Waals surface area (Å²) >= 11 is 0. The van der Waals surface area contributed by atoms with Crippen molar-refractivity contribution < 1.29 is 14.3 Å². The smallest absolute Gasteiger partial charge is 0.255 e. The molecule has 1 unspecified atom stereocenters. The zero-order chi connectivity index (χ0) is 18.4. The second-order valence-corrected chi connectivity index (χ2v) is 6.38. The maximum absolute atomic E-state index is 12.7. The monoisotopic (exact) mass is 353 g/mol. The van der Waals surface area contributed by atoms with Gasteiger partial charge < -0.3 is 15.8 Å². The highest BCUT2D eigenvalue weighted by molar-refractivity contribution is 5.95. The maximum atomic E-state index is 12.7. The molecule has 2 amide bonds. The number of hydrogen-bond donors (Lipinski definition) is 2. The van der Waals surface area contributed by atoms with E-state index >= 15 is 0 Å². The maximum Gasteiger partial charge on any atom is 0.255 e. The van der Waals surface area contributed by atoms with Gasteiger partial charge in [0.15, 0.2) is 6.61 Å². The Morgan fingerprint density at radius 3 is 2.54 bits per heavy atom. The lowest BCUT2D eigenvalue weighted by molar-refractivity contribution is -0.121. The number of anilines is 1. The normalized spacial score (nSPS) is 17.0. The van der Waals surface area contributed by atoms with E-state index in [2.05, 4.69) is 22.3 Å². The summed E-state index contributed by atoms with van der Waals surface area (Å²) in [7, 11) is 0. The summed E-state index contributed by atoms with van der Waals surface area (Å²) in [6.07, 6.45) is 1.88. The van der Waals surface area contributed by atoms with E-state index in [0.29, 0.717) is 11.4 Å². The molecule has 0 aromatic heterocycles. The van der Waals surface area contributed by atoms with E-state index in [-0.39, 0.29) is 18.6 Å². The first kappa shape index (κ1) is 17.9. The molecule has 6 nitrogen and oxygen atoms in total. The molecule has 3 N–H and O–H groups in total. The number of rotatable bonds is 7. The number of carbonyl (C=O) groups excluding carboxylic acids is 2. The Labute approximate surface area is 152 Å². The highest BCUT2D eigenvalue weighted by atomic mass is 16.5. The fourth-order valence-corrected chi connectivity index (χ4v) is 3.14. The van der Waals surface area contributed by atoms with E-state index in [1.54, 1.807) is 24.3 Å². The number of carbonyl (C=O) groups is 2. The summed E-state index contributed by atoms with van der Waals surface area (Å²) < 4.78 is 5.22. The molecule has 26 heavy (non-hydrogen) atoms. The Hall–Kier alpha value is -2.86. The van der Waals surface area contributed by atoms with Gasteiger partial charge in [-0.3, -0.25) is 14.5 Å². The SMILES string of the molecule is NC(=O)COc1ccc(NC(=O)C2CCCN2Cc2ccccc2)cc1. The van der Waals surface area contributed by atoms with Crippen LogP contribution in [0.25, 0.3) is 0 Å². The van der Waals surface area contributed by atoms with Gasteiger partial charge in [0.1, 0.15) is 5.75 Å². The lowest BCUT2D eigenvalue weighted by Crippen LogP contribution is -2.39. The Balaban J connectivity index is 1.57. The van der Waals surface area contributed by atoms with Crippen LogP contribution in [0.15, 0.2) is 54.6 Å². The van der Waals surface area contributed by atoms with Crippen LogP contribution in [-0.4, -0.2) is 35.9 Å². The second-order valence-electron chi connectivity index (χ2n) is 6.38. The predicted octanol–water partition coefficient (Wildman–Crippen LogP) is 2.15. The fourth-order valence-electron chi connectivity index (χ4n) is 3.14. The molecule has 1 atom stereocenters. The van der Waals surface area contributed by atoms with Gasteiger partial charge in [-0.25, -0.2) is 0 Å². The van der Waals surface area contributed by atoms with Crippen molar-refractivity contribution in [3.63, 3.8) is 0 Å². The molecular formula is C20H23N3O3. The number of nitrogens with two attached hydrogens (primary N) is 1. The van der Waals surface area contributed by atoms with E-state index in [9.17, 15) is 9.59 Å². The van der Waals surface area contributed by atoms with Crippen molar-refractivity contribution in [2.75, 3.05) is 18.5 Å². The third-order valence-corrected chi connectivity index (χ3v) is 4.40. The van der Waals surface area contributed by atoms with Crippen LogP contribution in [0.5, 0.6) is 5.75 Å². The second kappa shape index (κ2) is 8.49. The van der Waals surface area contributed by atoms with Crippen molar-refractivity contribution >= 4 is 17.5 Å². The fraction of sp³-hybridized carbons (Fsp3) is 0.300. The lowest BCUT2D eigenvalue weighted by Gasteiger charge is -2.23. The Kier molecular flexibility index (Phi) is 5.86. The van der Waals surface area contributed by atoms with Gasteiger partial charge in [-0.05, 0) is 49.2 Å². The molecule has 0 radical (unpaired) electrons. The van der Waals surface area contributed by atoms with Gasteiger partial charge in [0.25, 0.3) is 5.91 Å². The Morgan fingerprint density at radius 2 is 1.85 bits per heavy atom. The van der Waals surface area contributed by atoms with Gasteiger partial charge in [0, 0.05) is 12.2 Å². The van der Waals surface area contributed by atoms with Gasteiger partial charge in [0.05, 0.1) is 6.04 Å². The largest absolute Gasteiger partial charge is 0.484 e. The molecule has 2 aromatic rings. The quantitative estimate of drug-likeness (QED) is 0.799. The Bertz CT molecular complexity index is 747. The molecule has 6 heteroatoms. The van der Waals surface area contributed by atoms with Crippen LogP contribution in [0.4, 0.5) is 5.69 Å². The summed E-state index contributed by atoms with van der Waals surface area (Å²) in [5, 5.41) is 2.96. The third kappa shape index (κ3) is 4.83. The molecule has 0 saturated carbocycles.